The Bertz CT molecular complexity index is 1060. The summed E-state index contributed by atoms with van der Waals surface area (Å²) in [4.78, 5) is 38.0. The second-order valence-corrected chi connectivity index (χ2v) is 18.5. The first-order chi connectivity index (χ1) is 31.0. The van der Waals surface area contributed by atoms with Gasteiger partial charge < -0.3 is 14.2 Å². The van der Waals surface area contributed by atoms with Gasteiger partial charge in [0, 0.05) is 19.3 Å². The van der Waals surface area contributed by atoms with Crippen LogP contribution in [0.25, 0.3) is 0 Å². The molecule has 0 aromatic heterocycles. The SMILES string of the molecule is CCCCC/C=C\C/C=C\CCCCCCCCCCCC(=O)OC[C@H](COC(=O)CCCCCCC/C=C\CCCCCC)OC(=O)CCCCCCCCCCCCCCC. The number of allylic oxidation sites excluding steroid dienone is 6. The van der Waals surface area contributed by atoms with Gasteiger partial charge in [-0.05, 0) is 77.0 Å². The Hall–Kier alpha value is -2.37. The zero-order chi connectivity index (χ0) is 45.8. The maximum atomic E-state index is 12.8. The minimum absolute atomic E-state index is 0.0738. The Morgan fingerprint density at radius 2 is 0.571 bits per heavy atom. The van der Waals surface area contributed by atoms with Gasteiger partial charge in [0.05, 0.1) is 0 Å². The van der Waals surface area contributed by atoms with Gasteiger partial charge in [0.15, 0.2) is 6.10 Å². The average molecular weight is 885 g/mol. The largest absolute Gasteiger partial charge is 0.462 e. The van der Waals surface area contributed by atoms with E-state index in [0.717, 1.165) is 70.6 Å². The van der Waals surface area contributed by atoms with Crippen LogP contribution in [-0.4, -0.2) is 37.2 Å². The second-order valence-electron chi connectivity index (χ2n) is 18.5. The molecule has 0 aliphatic carbocycles. The molecule has 0 bridgehead atoms. The van der Waals surface area contributed by atoms with Crippen molar-refractivity contribution >= 4 is 17.9 Å². The minimum atomic E-state index is -0.773. The summed E-state index contributed by atoms with van der Waals surface area (Å²) in [6.07, 6.45) is 61.2. The molecule has 0 unspecified atom stereocenters. The summed E-state index contributed by atoms with van der Waals surface area (Å²) < 4.78 is 16.8. The van der Waals surface area contributed by atoms with E-state index in [1.807, 2.05) is 0 Å². The third-order valence-corrected chi connectivity index (χ3v) is 12.1. The first kappa shape index (κ1) is 60.6. The van der Waals surface area contributed by atoms with Crippen molar-refractivity contribution in [2.45, 2.75) is 297 Å². The number of hydrogen-bond donors (Lipinski definition) is 0. The van der Waals surface area contributed by atoms with Crippen molar-refractivity contribution in [2.75, 3.05) is 13.2 Å². The first-order valence-electron chi connectivity index (χ1n) is 27.5. The summed E-state index contributed by atoms with van der Waals surface area (Å²) in [5.74, 6) is -0.873. The van der Waals surface area contributed by atoms with E-state index in [1.165, 1.54) is 180 Å². The molecule has 0 N–H and O–H groups in total. The fourth-order valence-electron chi connectivity index (χ4n) is 7.94. The number of unbranched alkanes of at least 4 members (excludes halogenated alkanes) is 33. The van der Waals surface area contributed by atoms with Gasteiger partial charge in [0.2, 0.25) is 0 Å². The molecule has 0 aliphatic rings. The zero-order valence-electron chi connectivity index (χ0n) is 42.1. The van der Waals surface area contributed by atoms with Crippen molar-refractivity contribution in [1.29, 1.82) is 0 Å². The Labute approximate surface area is 391 Å². The smallest absolute Gasteiger partial charge is 0.306 e. The third-order valence-electron chi connectivity index (χ3n) is 12.1. The molecule has 1 atom stereocenters. The van der Waals surface area contributed by atoms with E-state index >= 15 is 0 Å². The molecule has 0 spiro atoms. The molecule has 0 saturated carbocycles. The zero-order valence-corrected chi connectivity index (χ0v) is 42.1. The molecule has 6 heteroatoms. The number of carbonyl (C=O) groups excluding carboxylic acids is 3. The predicted octanol–water partition coefficient (Wildman–Crippen LogP) is 18.1. The molecule has 6 nitrogen and oxygen atoms in total. The number of ether oxygens (including phenoxy) is 3. The maximum Gasteiger partial charge on any atom is 0.306 e. The number of rotatable bonds is 50. The molecule has 63 heavy (non-hydrogen) atoms. The van der Waals surface area contributed by atoms with Crippen molar-refractivity contribution in [2.24, 2.45) is 0 Å². The van der Waals surface area contributed by atoms with Gasteiger partial charge in [-0.25, -0.2) is 0 Å². The van der Waals surface area contributed by atoms with Gasteiger partial charge in [-0.1, -0.05) is 231 Å². The molecule has 0 aromatic carbocycles. The Balaban J connectivity index is 4.32. The van der Waals surface area contributed by atoms with E-state index < -0.39 is 6.10 Å². The van der Waals surface area contributed by atoms with Crippen LogP contribution >= 0.6 is 0 Å². The number of esters is 3. The third kappa shape index (κ3) is 50.5. The highest BCUT2D eigenvalue weighted by Crippen LogP contribution is 2.16. The topological polar surface area (TPSA) is 78.9 Å². The van der Waals surface area contributed by atoms with Crippen LogP contribution in [0.4, 0.5) is 0 Å². The van der Waals surface area contributed by atoms with Crippen LogP contribution in [0.3, 0.4) is 0 Å². The van der Waals surface area contributed by atoms with Crippen LogP contribution < -0.4 is 0 Å². The van der Waals surface area contributed by atoms with Gasteiger partial charge in [-0.15, -0.1) is 0 Å². The summed E-state index contributed by atoms with van der Waals surface area (Å²) in [6, 6.07) is 0. The lowest BCUT2D eigenvalue weighted by atomic mass is 10.0. The van der Waals surface area contributed by atoms with Crippen molar-refractivity contribution in [3.05, 3.63) is 36.5 Å². The van der Waals surface area contributed by atoms with Crippen LogP contribution in [0.15, 0.2) is 36.5 Å². The van der Waals surface area contributed by atoms with Crippen LogP contribution in [-0.2, 0) is 28.6 Å². The molecule has 0 fully saturated rings. The molecule has 0 aromatic rings. The van der Waals surface area contributed by atoms with Crippen molar-refractivity contribution < 1.29 is 28.6 Å². The number of hydrogen-bond acceptors (Lipinski definition) is 6. The Kier molecular flexibility index (Phi) is 50.3. The summed E-state index contributed by atoms with van der Waals surface area (Å²) in [7, 11) is 0. The monoisotopic (exact) mass is 885 g/mol. The number of carbonyl (C=O) groups is 3. The van der Waals surface area contributed by atoms with Gasteiger partial charge in [0.1, 0.15) is 13.2 Å². The molecule has 0 aliphatic heterocycles. The summed E-state index contributed by atoms with van der Waals surface area (Å²) in [5.41, 5.74) is 0. The van der Waals surface area contributed by atoms with E-state index in [9.17, 15) is 14.4 Å². The standard InChI is InChI=1S/C57H104O6/c1-4-7-10-13-16-19-22-25-26-27-28-29-30-33-35-38-41-44-47-50-56(59)62-53-54(63-57(60)51-48-45-42-39-36-32-24-21-18-15-12-9-6-3)52-61-55(58)49-46-43-40-37-34-31-23-20-17-14-11-8-5-2/h16,19-20,23,25-26,54H,4-15,17-18,21-22,24,27-53H2,1-3H3/b19-16-,23-20-,26-25-/t54-/m0/s1. The predicted molar refractivity (Wildman–Crippen MR) is 270 cm³/mol. The van der Waals surface area contributed by atoms with Crippen molar-refractivity contribution in [1.82, 2.24) is 0 Å². The van der Waals surface area contributed by atoms with Crippen molar-refractivity contribution in [3.8, 4) is 0 Å². The lowest BCUT2D eigenvalue weighted by molar-refractivity contribution is -0.167. The Morgan fingerprint density at radius 1 is 0.317 bits per heavy atom. The quantitative estimate of drug-likeness (QED) is 0.0262. The van der Waals surface area contributed by atoms with E-state index in [0.29, 0.717) is 19.3 Å². The molecule has 0 amide bonds. The molecule has 0 rings (SSSR count). The molecule has 0 saturated heterocycles. The minimum Gasteiger partial charge on any atom is -0.462 e. The van der Waals surface area contributed by atoms with Gasteiger partial charge >= 0.3 is 17.9 Å². The highest BCUT2D eigenvalue weighted by molar-refractivity contribution is 5.71. The van der Waals surface area contributed by atoms with Crippen LogP contribution in [0.2, 0.25) is 0 Å². The molecule has 368 valence electrons. The van der Waals surface area contributed by atoms with E-state index in [1.54, 1.807) is 0 Å². The van der Waals surface area contributed by atoms with Crippen LogP contribution in [0.5, 0.6) is 0 Å². The molecular formula is C57H104O6. The highest BCUT2D eigenvalue weighted by Gasteiger charge is 2.19. The van der Waals surface area contributed by atoms with E-state index in [4.69, 9.17) is 14.2 Å². The first-order valence-corrected chi connectivity index (χ1v) is 27.5. The van der Waals surface area contributed by atoms with Gasteiger partial charge in [0.25, 0.3) is 0 Å². The maximum absolute atomic E-state index is 12.8. The summed E-state index contributed by atoms with van der Waals surface area (Å²) >= 11 is 0. The van der Waals surface area contributed by atoms with Crippen LogP contribution in [0, 0.1) is 0 Å². The summed E-state index contributed by atoms with van der Waals surface area (Å²) in [5, 5.41) is 0. The van der Waals surface area contributed by atoms with Gasteiger partial charge in [-0.2, -0.15) is 0 Å². The van der Waals surface area contributed by atoms with Crippen LogP contribution in [0.1, 0.15) is 290 Å². The normalized spacial score (nSPS) is 12.2. The lowest BCUT2D eigenvalue weighted by Gasteiger charge is -2.18. The highest BCUT2D eigenvalue weighted by atomic mass is 16.6. The van der Waals surface area contributed by atoms with Gasteiger partial charge in [-0.3, -0.25) is 14.4 Å². The summed E-state index contributed by atoms with van der Waals surface area (Å²) in [6.45, 7) is 6.62. The second kappa shape index (κ2) is 52.3. The fraction of sp³-hybridized carbons (Fsp3) is 0.842. The molecular weight excluding hydrogens is 781 g/mol. The van der Waals surface area contributed by atoms with E-state index in [2.05, 4.69) is 57.2 Å². The molecule has 0 radical (unpaired) electrons. The average Bonchev–Trinajstić information content (AvgIpc) is 3.28. The Morgan fingerprint density at radius 3 is 0.937 bits per heavy atom. The lowest BCUT2D eigenvalue weighted by Crippen LogP contribution is -2.30. The van der Waals surface area contributed by atoms with E-state index in [-0.39, 0.29) is 31.1 Å². The fourth-order valence-corrected chi connectivity index (χ4v) is 7.94. The molecule has 0 heterocycles. The van der Waals surface area contributed by atoms with Crippen molar-refractivity contribution in [3.63, 3.8) is 0 Å².